The van der Waals surface area contributed by atoms with Crippen molar-refractivity contribution in [3.05, 3.63) is 29.3 Å². The van der Waals surface area contributed by atoms with E-state index < -0.39 is 12.0 Å². The molecule has 19 heavy (non-hydrogen) atoms. The number of anilines is 1. The van der Waals surface area contributed by atoms with Crippen LogP contribution in [0.4, 0.5) is 5.69 Å². The second-order valence-corrected chi connectivity index (χ2v) is 5.02. The summed E-state index contributed by atoms with van der Waals surface area (Å²) in [6, 6.07) is 5.91. The largest absolute Gasteiger partial charge is 0.480 e. The molecule has 1 aliphatic rings. The lowest BCUT2D eigenvalue weighted by molar-refractivity contribution is -0.140. The summed E-state index contributed by atoms with van der Waals surface area (Å²) in [6.45, 7) is 2.31. The van der Waals surface area contributed by atoms with E-state index in [0.717, 1.165) is 12.8 Å². The van der Waals surface area contributed by atoms with Crippen LogP contribution in [0, 0.1) is 0 Å². The number of aliphatic hydroxyl groups is 1. The van der Waals surface area contributed by atoms with Crippen LogP contribution in [0.3, 0.4) is 0 Å². The zero-order valence-electron chi connectivity index (χ0n) is 11.0. The standard InChI is InChI=1S/C14H20N2O3/c1-9-6-11-7-10(2-3-12(11)16-9)4-5-15-13(8-17)14(18)19/h2-3,7,9,13,15-17H,4-6,8H2,1H3,(H,18,19). The molecule has 0 saturated carbocycles. The van der Waals surface area contributed by atoms with E-state index >= 15 is 0 Å². The second kappa shape index (κ2) is 6.04. The van der Waals surface area contributed by atoms with Crippen molar-refractivity contribution in [2.45, 2.75) is 31.8 Å². The molecule has 0 amide bonds. The second-order valence-electron chi connectivity index (χ2n) is 5.02. The van der Waals surface area contributed by atoms with Crippen molar-refractivity contribution in [3.63, 3.8) is 0 Å². The van der Waals surface area contributed by atoms with Crippen LogP contribution in [-0.2, 0) is 17.6 Å². The van der Waals surface area contributed by atoms with Gasteiger partial charge in [0.15, 0.2) is 0 Å². The molecule has 2 atom stereocenters. The first-order valence-corrected chi connectivity index (χ1v) is 6.55. The lowest BCUT2D eigenvalue weighted by Crippen LogP contribution is -2.40. The lowest BCUT2D eigenvalue weighted by atomic mass is 10.0. The van der Waals surface area contributed by atoms with Gasteiger partial charge in [0.2, 0.25) is 0 Å². The zero-order chi connectivity index (χ0) is 13.8. The van der Waals surface area contributed by atoms with Gasteiger partial charge in [-0.05, 0) is 37.0 Å². The number of fused-ring (bicyclic) bond motifs is 1. The maximum Gasteiger partial charge on any atom is 0.323 e. The van der Waals surface area contributed by atoms with Gasteiger partial charge in [0.25, 0.3) is 0 Å². The van der Waals surface area contributed by atoms with Crippen LogP contribution >= 0.6 is 0 Å². The van der Waals surface area contributed by atoms with Crippen LogP contribution in [0.2, 0.25) is 0 Å². The summed E-state index contributed by atoms with van der Waals surface area (Å²) >= 11 is 0. The van der Waals surface area contributed by atoms with E-state index in [4.69, 9.17) is 10.2 Å². The predicted octanol–water partition coefficient (Wildman–Crippen LogP) is 0.621. The topological polar surface area (TPSA) is 81.6 Å². The van der Waals surface area contributed by atoms with Gasteiger partial charge in [-0.2, -0.15) is 0 Å². The van der Waals surface area contributed by atoms with Crippen LogP contribution < -0.4 is 10.6 Å². The summed E-state index contributed by atoms with van der Waals surface area (Å²) in [4.78, 5) is 10.7. The van der Waals surface area contributed by atoms with Crippen molar-refractivity contribution >= 4 is 11.7 Å². The molecule has 104 valence electrons. The van der Waals surface area contributed by atoms with E-state index in [-0.39, 0.29) is 6.61 Å². The summed E-state index contributed by atoms with van der Waals surface area (Å²) in [6.07, 6.45) is 1.79. The van der Waals surface area contributed by atoms with Gasteiger partial charge in [-0.3, -0.25) is 4.79 Å². The smallest absolute Gasteiger partial charge is 0.323 e. The van der Waals surface area contributed by atoms with Gasteiger partial charge in [-0.15, -0.1) is 0 Å². The highest BCUT2D eigenvalue weighted by molar-refractivity contribution is 5.73. The summed E-state index contributed by atoms with van der Waals surface area (Å²) in [5.41, 5.74) is 3.70. The number of carbonyl (C=O) groups is 1. The Bertz CT molecular complexity index is 462. The van der Waals surface area contributed by atoms with Crippen molar-refractivity contribution in [3.8, 4) is 0 Å². The molecular formula is C14H20N2O3. The number of nitrogens with one attached hydrogen (secondary N) is 2. The Morgan fingerprint density at radius 1 is 1.58 bits per heavy atom. The number of carboxylic acid groups (broad SMARTS) is 1. The minimum Gasteiger partial charge on any atom is -0.480 e. The van der Waals surface area contributed by atoms with E-state index in [1.807, 2.05) is 0 Å². The van der Waals surface area contributed by atoms with E-state index in [2.05, 4.69) is 35.8 Å². The maximum absolute atomic E-state index is 10.7. The molecule has 0 aromatic heterocycles. The Labute approximate surface area is 112 Å². The van der Waals surface area contributed by atoms with Crippen LogP contribution in [0.15, 0.2) is 18.2 Å². The number of aliphatic carboxylic acids is 1. The van der Waals surface area contributed by atoms with E-state index in [9.17, 15) is 4.79 Å². The van der Waals surface area contributed by atoms with E-state index in [1.54, 1.807) is 0 Å². The van der Waals surface area contributed by atoms with Gasteiger partial charge < -0.3 is 20.8 Å². The van der Waals surface area contributed by atoms with Gasteiger partial charge in [0.1, 0.15) is 6.04 Å². The van der Waals surface area contributed by atoms with Gasteiger partial charge in [0, 0.05) is 18.3 Å². The third kappa shape index (κ3) is 3.45. The molecule has 5 heteroatoms. The summed E-state index contributed by atoms with van der Waals surface area (Å²) in [5.74, 6) is -1.02. The average Bonchev–Trinajstić information content (AvgIpc) is 2.73. The average molecular weight is 264 g/mol. The van der Waals surface area contributed by atoms with Gasteiger partial charge in [0.05, 0.1) is 6.61 Å². The number of aliphatic hydroxyl groups excluding tert-OH is 1. The number of hydrogen-bond acceptors (Lipinski definition) is 4. The van der Waals surface area contributed by atoms with E-state index in [1.165, 1.54) is 16.8 Å². The summed E-state index contributed by atoms with van der Waals surface area (Å²) in [5, 5.41) is 23.9. The van der Waals surface area contributed by atoms with E-state index in [0.29, 0.717) is 12.6 Å². The van der Waals surface area contributed by atoms with Crippen LogP contribution in [0.25, 0.3) is 0 Å². The van der Waals surface area contributed by atoms with Gasteiger partial charge in [-0.25, -0.2) is 0 Å². The third-order valence-corrected chi connectivity index (χ3v) is 3.38. The fraction of sp³-hybridized carbons (Fsp3) is 0.500. The highest BCUT2D eigenvalue weighted by atomic mass is 16.4. The number of hydrogen-bond donors (Lipinski definition) is 4. The normalized spacial score (nSPS) is 18.7. The first-order valence-electron chi connectivity index (χ1n) is 6.55. The lowest BCUT2D eigenvalue weighted by Gasteiger charge is -2.11. The zero-order valence-corrected chi connectivity index (χ0v) is 11.0. The minimum atomic E-state index is -1.02. The SMILES string of the molecule is CC1Cc2cc(CCNC(CO)C(=O)O)ccc2N1. The number of benzene rings is 1. The molecule has 2 rings (SSSR count). The highest BCUT2D eigenvalue weighted by Gasteiger charge is 2.17. The molecule has 5 nitrogen and oxygen atoms in total. The predicted molar refractivity (Wildman–Crippen MR) is 73.4 cm³/mol. The van der Waals surface area contributed by atoms with Gasteiger partial charge >= 0.3 is 5.97 Å². The molecular weight excluding hydrogens is 244 g/mol. The molecule has 0 radical (unpaired) electrons. The first kappa shape index (κ1) is 13.8. The van der Waals surface area contributed by atoms with Gasteiger partial charge in [-0.1, -0.05) is 12.1 Å². The van der Waals surface area contributed by atoms with Crippen molar-refractivity contribution in [1.82, 2.24) is 5.32 Å². The number of rotatable bonds is 6. The molecule has 1 aliphatic heterocycles. The third-order valence-electron chi connectivity index (χ3n) is 3.38. The van der Waals surface area contributed by atoms with Crippen LogP contribution in [0.1, 0.15) is 18.1 Å². The Hall–Kier alpha value is -1.59. The maximum atomic E-state index is 10.7. The molecule has 0 saturated heterocycles. The summed E-state index contributed by atoms with van der Waals surface area (Å²) < 4.78 is 0. The Balaban J connectivity index is 1.87. The van der Waals surface area contributed by atoms with Crippen molar-refractivity contribution in [2.24, 2.45) is 0 Å². The van der Waals surface area contributed by atoms with Crippen molar-refractivity contribution in [2.75, 3.05) is 18.5 Å². The Morgan fingerprint density at radius 3 is 3.05 bits per heavy atom. The molecule has 1 heterocycles. The number of carboxylic acids is 1. The molecule has 1 aromatic carbocycles. The molecule has 0 spiro atoms. The fourth-order valence-electron chi connectivity index (χ4n) is 2.38. The van der Waals surface area contributed by atoms with Crippen molar-refractivity contribution in [1.29, 1.82) is 0 Å². The minimum absolute atomic E-state index is 0.388. The first-order chi connectivity index (χ1) is 9.10. The summed E-state index contributed by atoms with van der Waals surface area (Å²) in [7, 11) is 0. The van der Waals surface area contributed by atoms with Crippen LogP contribution in [-0.4, -0.2) is 41.4 Å². The molecule has 0 bridgehead atoms. The monoisotopic (exact) mass is 264 g/mol. The Kier molecular flexibility index (Phi) is 4.39. The molecule has 2 unspecified atom stereocenters. The molecule has 0 aliphatic carbocycles. The van der Waals surface area contributed by atoms with Crippen molar-refractivity contribution < 1.29 is 15.0 Å². The fourth-order valence-corrected chi connectivity index (χ4v) is 2.38. The highest BCUT2D eigenvalue weighted by Crippen LogP contribution is 2.26. The van der Waals surface area contributed by atoms with Crippen LogP contribution in [0.5, 0.6) is 0 Å². The quantitative estimate of drug-likeness (QED) is 0.605. The molecule has 0 fully saturated rings. The molecule has 1 aromatic rings. The molecule has 4 N–H and O–H groups in total. The Morgan fingerprint density at radius 2 is 2.37 bits per heavy atom.